The average Bonchev–Trinajstić information content (AvgIpc) is 2.99. The zero-order valence-corrected chi connectivity index (χ0v) is 29.0. The van der Waals surface area contributed by atoms with Gasteiger partial charge in [0.1, 0.15) is 6.10 Å². The summed E-state index contributed by atoms with van der Waals surface area (Å²) in [6.45, 7) is 5.65. The van der Waals surface area contributed by atoms with Gasteiger partial charge in [-0.25, -0.2) is 0 Å². The molecule has 0 aromatic carbocycles. The van der Waals surface area contributed by atoms with E-state index < -0.39 is 18.1 Å². The van der Waals surface area contributed by atoms with Crippen molar-refractivity contribution in [2.45, 2.75) is 213 Å². The molecule has 0 aromatic rings. The molecule has 0 fully saturated rings. The quantitative estimate of drug-likeness (QED) is 0.0442. The Hall–Kier alpha value is -1.36. The number of amides is 1. The lowest BCUT2D eigenvalue weighted by atomic mass is 10.0. The minimum absolute atomic E-state index is 0.0790. The number of esters is 1. The second-order valence-electron chi connectivity index (χ2n) is 12.9. The maximum Gasteiger partial charge on any atom is 0.303 e. The molecule has 0 aliphatic carbocycles. The predicted octanol–water partition coefficient (Wildman–Crippen LogP) is 10.9. The van der Waals surface area contributed by atoms with Crippen LogP contribution in [0.1, 0.15) is 201 Å². The monoisotopic (exact) mass is 608 g/mol. The van der Waals surface area contributed by atoms with Gasteiger partial charge in [-0.15, -0.1) is 0 Å². The third kappa shape index (κ3) is 30.4. The first-order valence-electron chi connectivity index (χ1n) is 18.8. The van der Waals surface area contributed by atoms with Crippen LogP contribution >= 0.6 is 0 Å². The van der Waals surface area contributed by atoms with Crippen molar-refractivity contribution in [1.82, 2.24) is 5.32 Å². The number of aliphatic hydroxyl groups is 1. The molecule has 0 aliphatic rings. The lowest BCUT2D eigenvalue weighted by Gasteiger charge is -2.24. The molecule has 0 radical (unpaired) electrons. The normalized spacial score (nSPS) is 12.9. The molecular formula is C38H73NO4. The van der Waals surface area contributed by atoms with Crippen molar-refractivity contribution in [1.29, 1.82) is 0 Å². The molecule has 1 amide bonds. The summed E-state index contributed by atoms with van der Waals surface area (Å²) < 4.78 is 5.44. The van der Waals surface area contributed by atoms with Gasteiger partial charge < -0.3 is 15.2 Å². The molecule has 0 spiro atoms. The minimum Gasteiger partial charge on any atom is -0.456 e. The summed E-state index contributed by atoms with van der Waals surface area (Å²) >= 11 is 0. The van der Waals surface area contributed by atoms with Crippen LogP contribution in [-0.2, 0) is 14.3 Å². The van der Waals surface area contributed by atoms with Crippen molar-refractivity contribution in [2.75, 3.05) is 6.61 Å². The number of hydrogen-bond donors (Lipinski definition) is 2. The predicted molar refractivity (Wildman–Crippen MR) is 184 cm³/mol. The summed E-state index contributed by atoms with van der Waals surface area (Å²) in [5, 5.41) is 12.8. The third-order valence-corrected chi connectivity index (χ3v) is 8.55. The molecule has 5 heteroatoms. The number of unbranched alkanes of at least 4 members (excludes halogenated alkanes) is 25. The van der Waals surface area contributed by atoms with Gasteiger partial charge in [-0.1, -0.05) is 174 Å². The Morgan fingerprint density at radius 1 is 0.605 bits per heavy atom. The van der Waals surface area contributed by atoms with E-state index in [1.54, 1.807) is 0 Å². The molecule has 2 atom stereocenters. The van der Waals surface area contributed by atoms with E-state index in [2.05, 4.69) is 19.2 Å². The van der Waals surface area contributed by atoms with Crippen LogP contribution in [0.25, 0.3) is 0 Å². The number of rotatable bonds is 33. The number of hydrogen-bond acceptors (Lipinski definition) is 4. The van der Waals surface area contributed by atoms with Gasteiger partial charge in [0.25, 0.3) is 0 Å². The van der Waals surface area contributed by atoms with Crippen LogP contribution in [0, 0.1) is 0 Å². The van der Waals surface area contributed by atoms with Gasteiger partial charge in [0, 0.05) is 13.3 Å². The standard InChI is InChI=1S/C38H73NO4/c1-4-6-8-10-12-14-16-18-19-21-23-25-27-29-31-33-38(42)39-36(34-40)37(43-35(3)41)32-30-28-26-24-22-20-17-15-13-11-9-7-5-2/h30,32,36-37,40H,4-29,31,33-34H2,1-3H3,(H,39,42)/b32-30+/t36-,37+/m1/s1. The van der Waals surface area contributed by atoms with Crippen LogP contribution < -0.4 is 5.32 Å². The SMILES string of the molecule is CCCCCCCCCCCCC/C=C/[C@H](OC(C)=O)[C@@H](CO)NC(=O)CCCCCCCCCCCCCCCCC. The summed E-state index contributed by atoms with van der Waals surface area (Å²) in [4.78, 5) is 24.2. The Balaban J connectivity index is 3.95. The molecule has 5 nitrogen and oxygen atoms in total. The van der Waals surface area contributed by atoms with Crippen molar-refractivity contribution in [3.63, 3.8) is 0 Å². The van der Waals surface area contributed by atoms with Gasteiger partial charge in [0.05, 0.1) is 12.6 Å². The fourth-order valence-electron chi connectivity index (χ4n) is 5.77. The van der Waals surface area contributed by atoms with E-state index in [-0.39, 0.29) is 12.5 Å². The summed E-state index contributed by atoms with van der Waals surface area (Å²) in [6.07, 6.45) is 38.5. The lowest BCUT2D eigenvalue weighted by molar-refractivity contribution is -0.146. The van der Waals surface area contributed by atoms with Gasteiger partial charge in [0.2, 0.25) is 5.91 Å². The molecule has 0 aliphatic heterocycles. The topological polar surface area (TPSA) is 75.6 Å². The molecule has 0 bridgehead atoms. The lowest BCUT2D eigenvalue weighted by Crippen LogP contribution is -2.46. The maximum absolute atomic E-state index is 12.5. The molecule has 0 aromatic heterocycles. The summed E-state index contributed by atoms with van der Waals surface area (Å²) in [5.41, 5.74) is 0. The largest absolute Gasteiger partial charge is 0.456 e. The summed E-state index contributed by atoms with van der Waals surface area (Å²) in [7, 11) is 0. The van der Waals surface area contributed by atoms with Crippen molar-refractivity contribution < 1.29 is 19.4 Å². The molecule has 0 saturated carbocycles. The number of carbonyl (C=O) groups excluding carboxylic acids is 2. The van der Waals surface area contributed by atoms with Crippen LogP contribution in [0.4, 0.5) is 0 Å². The second kappa shape index (κ2) is 33.5. The number of allylic oxidation sites excluding steroid dienone is 1. The first-order valence-corrected chi connectivity index (χ1v) is 18.8. The third-order valence-electron chi connectivity index (χ3n) is 8.55. The number of aliphatic hydroxyl groups excluding tert-OH is 1. The second-order valence-corrected chi connectivity index (χ2v) is 12.9. The number of ether oxygens (including phenoxy) is 1. The van der Waals surface area contributed by atoms with E-state index in [4.69, 9.17) is 4.74 Å². The highest BCUT2D eigenvalue weighted by atomic mass is 16.5. The Kier molecular flexibility index (Phi) is 32.5. The van der Waals surface area contributed by atoms with Gasteiger partial charge in [-0.05, 0) is 25.3 Å². The summed E-state index contributed by atoms with van der Waals surface area (Å²) in [6, 6.07) is -0.610. The van der Waals surface area contributed by atoms with E-state index in [1.807, 2.05) is 12.2 Å². The molecule has 0 unspecified atom stereocenters. The smallest absolute Gasteiger partial charge is 0.303 e. The fourth-order valence-corrected chi connectivity index (χ4v) is 5.77. The van der Waals surface area contributed by atoms with Crippen molar-refractivity contribution in [3.8, 4) is 0 Å². The van der Waals surface area contributed by atoms with Crippen LogP contribution in [-0.4, -0.2) is 35.7 Å². The van der Waals surface area contributed by atoms with E-state index in [9.17, 15) is 14.7 Å². The van der Waals surface area contributed by atoms with Crippen LogP contribution in [0.2, 0.25) is 0 Å². The molecule has 2 N–H and O–H groups in total. The van der Waals surface area contributed by atoms with Crippen molar-refractivity contribution in [3.05, 3.63) is 12.2 Å². The zero-order valence-electron chi connectivity index (χ0n) is 29.0. The maximum atomic E-state index is 12.5. The Labute approximate surface area is 267 Å². The first kappa shape index (κ1) is 41.6. The Bertz CT molecular complexity index is 635. The van der Waals surface area contributed by atoms with Crippen molar-refractivity contribution >= 4 is 11.9 Å². The van der Waals surface area contributed by atoms with E-state index >= 15 is 0 Å². The Morgan fingerprint density at radius 2 is 0.977 bits per heavy atom. The molecule has 0 saturated heterocycles. The van der Waals surface area contributed by atoms with Gasteiger partial charge >= 0.3 is 5.97 Å². The average molecular weight is 608 g/mol. The van der Waals surface area contributed by atoms with Gasteiger partial charge in [-0.2, -0.15) is 0 Å². The highest BCUT2D eigenvalue weighted by Crippen LogP contribution is 2.15. The highest BCUT2D eigenvalue weighted by molar-refractivity contribution is 5.76. The fraction of sp³-hybridized carbons (Fsp3) is 0.895. The highest BCUT2D eigenvalue weighted by Gasteiger charge is 2.23. The number of nitrogens with one attached hydrogen (secondary N) is 1. The van der Waals surface area contributed by atoms with E-state index in [0.717, 1.165) is 25.7 Å². The first-order chi connectivity index (χ1) is 21.0. The van der Waals surface area contributed by atoms with Crippen molar-refractivity contribution in [2.24, 2.45) is 0 Å². The van der Waals surface area contributed by atoms with Crippen LogP contribution in [0.3, 0.4) is 0 Å². The minimum atomic E-state index is -0.639. The molecular weight excluding hydrogens is 534 g/mol. The molecule has 0 rings (SSSR count). The number of carbonyl (C=O) groups is 2. The zero-order chi connectivity index (χ0) is 31.6. The molecule has 0 heterocycles. The molecule has 43 heavy (non-hydrogen) atoms. The summed E-state index contributed by atoms with van der Waals surface area (Å²) in [5.74, 6) is -0.482. The Morgan fingerprint density at radius 3 is 1.35 bits per heavy atom. The van der Waals surface area contributed by atoms with Gasteiger partial charge in [-0.3, -0.25) is 9.59 Å². The van der Waals surface area contributed by atoms with E-state index in [0.29, 0.717) is 6.42 Å². The van der Waals surface area contributed by atoms with Crippen LogP contribution in [0.15, 0.2) is 12.2 Å². The van der Waals surface area contributed by atoms with Crippen LogP contribution in [0.5, 0.6) is 0 Å². The van der Waals surface area contributed by atoms with E-state index in [1.165, 1.54) is 155 Å². The molecule has 254 valence electrons. The van der Waals surface area contributed by atoms with Gasteiger partial charge in [0.15, 0.2) is 0 Å².